The third kappa shape index (κ3) is 3.04. The van der Waals surface area contributed by atoms with Crippen LogP contribution in [0.2, 0.25) is 5.02 Å². The van der Waals surface area contributed by atoms with E-state index in [0.29, 0.717) is 5.82 Å². The van der Waals surface area contributed by atoms with Crippen molar-refractivity contribution in [1.82, 2.24) is 9.97 Å². The standard InChI is InChI=1S/C15H18ClN3/c1-9-5-6-10(7-11(9)16)12-8-13(17)19-14(18-12)15(2,3)4/h5-8H,1-4H3,(H2,17,18,19). The van der Waals surface area contributed by atoms with E-state index in [-0.39, 0.29) is 5.41 Å². The smallest absolute Gasteiger partial charge is 0.136 e. The summed E-state index contributed by atoms with van der Waals surface area (Å²) >= 11 is 6.16. The van der Waals surface area contributed by atoms with Gasteiger partial charge in [-0.15, -0.1) is 0 Å². The minimum absolute atomic E-state index is 0.140. The lowest BCUT2D eigenvalue weighted by molar-refractivity contribution is 0.547. The van der Waals surface area contributed by atoms with Crippen LogP contribution < -0.4 is 5.73 Å². The van der Waals surface area contributed by atoms with E-state index >= 15 is 0 Å². The average Bonchev–Trinajstić information content (AvgIpc) is 2.31. The van der Waals surface area contributed by atoms with Crippen LogP contribution in [-0.2, 0) is 5.41 Å². The number of anilines is 1. The minimum atomic E-state index is -0.140. The zero-order valence-electron chi connectivity index (χ0n) is 11.7. The number of hydrogen-bond donors (Lipinski definition) is 1. The summed E-state index contributed by atoms with van der Waals surface area (Å²) in [7, 11) is 0. The van der Waals surface area contributed by atoms with Crippen molar-refractivity contribution >= 4 is 17.4 Å². The highest BCUT2D eigenvalue weighted by atomic mass is 35.5. The van der Waals surface area contributed by atoms with Gasteiger partial charge in [-0.25, -0.2) is 9.97 Å². The second kappa shape index (κ2) is 4.82. The van der Waals surface area contributed by atoms with Gasteiger partial charge < -0.3 is 5.73 Å². The molecule has 0 aliphatic rings. The zero-order valence-corrected chi connectivity index (χ0v) is 12.4. The molecule has 2 aromatic rings. The van der Waals surface area contributed by atoms with E-state index in [9.17, 15) is 0 Å². The van der Waals surface area contributed by atoms with Crippen LogP contribution in [0.1, 0.15) is 32.2 Å². The molecule has 3 nitrogen and oxygen atoms in total. The summed E-state index contributed by atoms with van der Waals surface area (Å²) in [6.07, 6.45) is 0. The van der Waals surface area contributed by atoms with E-state index in [0.717, 1.165) is 27.7 Å². The molecule has 2 N–H and O–H groups in total. The molecule has 0 unspecified atom stereocenters. The second-order valence-corrected chi connectivity index (χ2v) is 6.12. The summed E-state index contributed by atoms with van der Waals surface area (Å²) in [6.45, 7) is 8.16. The van der Waals surface area contributed by atoms with Gasteiger partial charge >= 0.3 is 0 Å². The van der Waals surface area contributed by atoms with Crippen molar-refractivity contribution in [2.75, 3.05) is 5.73 Å². The molecular weight excluding hydrogens is 258 g/mol. The van der Waals surface area contributed by atoms with E-state index < -0.39 is 0 Å². The second-order valence-electron chi connectivity index (χ2n) is 5.72. The van der Waals surface area contributed by atoms with Gasteiger partial charge in [0.1, 0.15) is 11.6 Å². The molecule has 19 heavy (non-hydrogen) atoms. The molecule has 0 saturated heterocycles. The Labute approximate surface area is 118 Å². The fourth-order valence-electron chi connectivity index (χ4n) is 1.70. The summed E-state index contributed by atoms with van der Waals surface area (Å²) < 4.78 is 0. The molecule has 0 saturated carbocycles. The van der Waals surface area contributed by atoms with E-state index in [1.54, 1.807) is 6.07 Å². The summed E-state index contributed by atoms with van der Waals surface area (Å²) in [4.78, 5) is 8.90. The minimum Gasteiger partial charge on any atom is -0.384 e. The molecule has 4 heteroatoms. The molecule has 0 bridgehead atoms. The molecule has 0 fully saturated rings. The summed E-state index contributed by atoms with van der Waals surface area (Å²) in [5.74, 6) is 1.21. The van der Waals surface area contributed by atoms with Crippen LogP contribution in [0, 0.1) is 6.92 Å². The first-order valence-corrected chi connectivity index (χ1v) is 6.57. The Morgan fingerprint density at radius 2 is 1.79 bits per heavy atom. The van der Waals surface area contributed by atoms with Gasteiger partial charge in [-0.05, 0) is 18.6 Å². The van der Waals surface area contributed by atoms with Crippen LogP contribution in [0.25, 0.3) is 11.3 Å². The van der Waals surface area contributed by atoms with Crippen LogP contribution in [-0.4, -0.2) is 9.97 Å². The van der Waals surface area contributed by atoms with Gasteiger partial charge in [-0.2, -0.15) is 0 Å². The van der Waals surface area contributed by atoms with Crippen molar-refractivity contribution in [2.24, 2.45) is 0 Å². The van der Waals surface area contributed by atoms with Gasteiger partial charge in [-0.3, -0.25) is 0 Å². The molecule has 1 aromatic carbocycles. The number of hydrogen-bond acceptors (Lipinski definition) is 3. The normalized spacial score (nSPS) is 11.6. The Morgan fingerprint density at radius 3 is 2.37 bits per heavy atom. The molecule has 1 aromatic heterocycles. The summed E-state index contributed by atoms with van der Waals surface area (Å²) in [6, 6.07) is 7.66. The molecule has 0 radical (unpaired) electrons. The maximum Gasteiger partial charge on any atom is 0.136 e. The number of benzene rings is 1. The predicted molar refractivity (Wildman–Crippen MR) is 80.3 cm³/mol. The van der Waals surface area contributed by atoms with Crippen molar-refractivity contribution < 1.29 is 0 Å². The van der Waals surface area contributed by atoms with E-state index in [4.69, 9.17) is 17.3 Å². The van der Waals surface area contributed by atoms with Crippen molar-refractivity contribution in [1.29, 1.82) is 0 Å². The zero-order chi connectivity index (χ0) is 14.2. The molecule has 0 atom stereocenters. The van der Waals surface area contributed by atoms with Crippen LogP contribution in [0.4, 0.5) is 5.82 Å². The van der Waals surface area contributed by atoms with Crippen LogP contribution in [0.3, 0.4) is 0 Å². The Balaban J connectivity index is 2.56. The number of aryl methyl sites for hydroxylation is 1. The Kier molecular flexibility index (Phi) is 3.50. The van der Waals surface area contributed by atoms with Gasteiger partial charge in [-0.1, -0.05) is 44.5 Å². The van der Waals surface area contributed by atoms with Crippen LogP contribution in [0.5, 0.6) is 0 Å². The molecule has 0 aliphatic heterocycles. The number of nitrogens with two attached hydrogens (primary N) is 1. The maximum absolute atomic E-state index is 6.16. The van der Waals surface area contributed by atoms with Gasteiger partial charge in [0.25, 0.3) is 0 Å². The Bertz CT molecular complexity index is 615. The number of nitrogens with zero attached hydrogens (tertiary/aromatic N) is 2. The van der Waals surface area contributed by atoms with E-state index in [1.807, 2.05) is 25.1 Å². The quantitative estimate of drug-likeness (QED) is 0.856. The molecule has 0 spiro atoms. The van der Waals surface area contributed by atoms with Gasteiger partial charge in [0.2, 0.25) is 0 Å². The number of aromatic nitrogens is 2. The van der Waals surface area contributed by atoms with Crippen molar-refractivity contribution in [2.45, 2.75) is 33.1 Å². The fraction of sp³-hybridized carbons (Fsp3) is 0.333. The monoisotopic (exact) mass is 275 g/mol. The van der Waals surface area contributed by atoms with Gasteiger partial charge in [0, 0.05) is 22.1 Å². The first kappa shape index (κ1) is 13.8. The van der Waals surface area contributed by atoms with Gasteiger partial charge in [0.05, 0.1) is 5.69 Å². The highest BCUT2D eigenvalue weighted by Crippen LogP contribution is 2.27. The Hall–Kier alpha value is -1.61. The third-order valence-corrected chi connectivity index (χ3v) is 3.29. The summed E-state index contributed by atoms with van der Waals surface area (Å²) in [5.41, 5.74) is 8.54. The lowest BCUT2D eigenvalue weighted by Crippen LogP contribution is -2.17. The fourth-order valence-corrected chi connectivity index (χ4v) is 1.88. The highest BCUT2D eigenvalue weighted by molar-refractivity contribution is 6.31. The molecule has 100 valence electrons. The van der Waals surface area contributed by atoms with E-state index in [2.05, 4.69) is 30.7 Å². The molecular formula is C15H18ClN3. The average molecular weight is 276 g/mol. The molecule has 2 rings (SSSR count). The Morgan fingerprint density at radius 1 is 1.11 bits per heavy atom. The molecule has 1 heterocycles. The molecule has 0 amide bonds. The van der Waals surface area contributed by atoms with Crippen LogP contribution in [0.15, 0.2) is 24.3 Å². The maximum atomic E-state index is 6.16. The van der Waals surface area contributed by atoms with Gasteiger partial charge in [0.15, 0.2) is 0 Å². The lowest BCUT2D eigenvalue weighted by atomic mass is 9.95. The first-order chi connectivity index (χ1) is 8.77. The number of nitrogen functional groups attached to an aromatic ring is 1. The topological polar surface area (TPSA) is 51.8 Å². The third-order valence-electron chi connectivity index (χ3n) is 2.88. The number of halogens is 1. The van der Waals surface area contributed by atoms with Crippen molar-refractivity contribution in [3.8, 4) is 11.3 Å². The van der Waals surface area contributed by atoms with E-state index in [1.165, 1.54) is 0 Å². The van der Waals surface area contributed by atoms with Crippen LogP contribution >= 0.6 is 11.6 Å². The largest absolute Gasteiger partial charge is 0.384 e. The summed E-state index contributed by atoms with van der Waals surface area (Å²) in [5, 5.41) is 0.729. The first-order valence-electron chi connectivity index (χ1n) is 6.19. The highest BCUT2D eigenvalue weighted by Gasteiger charge is 2.19. The molecule has 0 aliphatic carbocycles. The SMILES string of the molecule is Cc1ccc(-c2cc(N)nc(C(C)(C)C)n2)cc1Cl. The number of rotatable bonds is 1. The van der Waals surface area contributed by atoms with Crippen molar-refractivity contribution in [3.63, 3.8) is 0 Å². The lowest BCUT2D eigenvalue weighted by Gasteiger charge is -2.18. The predicted octanol–water partition coefficient (Wildman–Crippen LogP) is 3.99. The van der Waals surface area contributed by atoms with Crippen molar-refractivity contribution in [3.05, 3.63) is 40.7 Å².